The van der Waals surface area contributed by atoms with Crippen LogP contribution < -0.4 is 24.2 Å². The number of rotatable bonds is 17. The molecule has 5 aromatic rings. The second-order valence-electron chi connectivity index (χ2n) is 12.9. The molecule has 10 nitrogen and oxygen atoms in total. The van der Waals surface area contributed by atoms with E-state index in [0.29, 0.717) is 35.8 Å². The summed E-state index contributed by atoms with van der Waals surface area (Å²) in [6.45, 7) is 7.03. The third kappa shape index (κ3) is 10.8. The maximum Gasteiger partial charge on any atom is 0.338 e. The lowest BCUT2D eigenvalue weighted by atomic mass is 9.98. The molecule has 0 bridgehead atoms. The molecule has 0 amide bonds. The summed E-state index contributed by atoms with van der Waals surface area (Å²) in [6.07, 6.45) is 0.133. The molecule has 3 N–H and O–H groups in total. The van der Waals surface area contributed by atoms with E-state index in [2.05, 4.69) is 10.0 Å². The van der Waals surface area contributed by atoms with Crippen LogP contribution in [0.5, 0.6) is 17.2 Å². The predicted octanol–water partition coefficient (Wildman–Crippen LogP) is 7.38. The standard InChI is InChI=1S/C42H46N2O8S/c1-28-22-35(36-18-16-34(25-39(36)49-4)42(46)52-27-32-14-10-7-11-15-32)23-29(2)41(28)50-21-20-43-30(3)40(45)33-17-19-38(37(24-33)44-53(5,47)48)51-26-31-12-8-6-9-13-31/h6-19,22-25,30,40,43-45H,20-21,26-27H2,1-5H3/t30-,40-/m0/s1. The maximum absolute atomic E-state index is 12.8. The molecule has 5 aromatic carbocycles. The van der Waals surface area contributed by atoms with Crippen molar-refractivity contribution in [1.82, 2.24) is 5.32 Å². The number of carbonyl (C=O) groups is 1. The van der Waals surface area contributed by atoms with Gasteiger partial charge in [-0.05, 0) is 96.6 Å². The van der Waals surface area contributed by atoms with E-state index < -0.39 is 22.1 Å². The number of ether oxygens (including phenoxy) is 4. The lowest BCUT2D eigenvalue weighted by molar-refractivity contribution is 0.0472. The zero-order valence-electron chi connectivity index (χ0n) is 30.6. The lowest BCUT2D eigenvalue weighted by Crippen LogP contribution is -2.35. The number of esters is 1. The van der Waals surface area contributed by atoms with Crippen LogP contribution >= 0.6 is 0 Å². The van der Waals surface area contributed by atoms with Gasteiger partial charge in [0.25, 0.3) is 0 Å². The van der Waals surface area contributed by atoms with Crippen LogP contribution in [0, 0.1) is 13.8 Å². The SMILES string of the molecule is COc1cc(C(=O)OCc2ccccc2)ccc1-c1cc(C)c(OCCN[C@@H](C)[C@H](O)c2ccc(OCc3ccccc3)c(NS(C)(=O)=O)c2)c(C)c1. The summed E-state index contributed by atoms with van der Waals surface area (Å²) in [5.74, 6) is 1.24. The lowest BCUT2D eigenvalue weighted by Gasteiger charge is -2.23. The fourth-order valence-electron chi connectivity index (χ4n) is 5.91. The molecule has 278 valence electrons. The van der Waals surface area contributed by atoms with Gasteiger partial charge < -0.3 is 29.4 Å². The van der Waals surface area contributed by atoms with Crippen LogP contribution in [0.3, 0.4) is 0 Å². The smallest absolute Gasteiger partial charge is 0.338 e. The van der Waals surface area contributed by atoms with Gasteiger partial charge >= 0.3 is 5.97 Å². The maximum atomic E-state index is 12.8. The average molecular weight is 739 g/mol. The second kappa shape index (κ2) is 17.9. The molecule has 53 heavy (non-hydrogen) atoms. The highest BCUT2D eigenvalue weighted by molar-refractivity contribution is 7.92. The topological polar surface area (TPSA) is 132 Å². The van der Waals surface area contributed by atoms with E-state index in [4.69, 9.17) is 18.9 Å². The van der Waals surface area contributed by atoms with Crippen molar-refractivity contribution in [1.29, 1.82) is 0 Å². The van der Waals surface area contributed by atoms with Crippen LogP contribution in [0.1, 0.15) is 51.2 Å². The first-order valence-electron chi connectivity index (χ1n) is 17.2. The van der Waals surface area contributed by atoms with Crippen LogP contribution in [0.2, 0.25) is 0 Å². The van der Waals surface area contributed by atoms with Crippen LogP contribution in [-0.4, -0.2) is 52.1 Å². The fourth-order valence-corrected chi connectivity index (χ4v) is 6.47. The Bertz CT molecular complexity index is 2080. The Morgan fingerprint density at radius 1 is 0.792 bits per heavy atom. The van der Waals surface area contributed by atoms with Gasteiger partial charge in [-0.3, -0.25) is 4.72 Å². The van der Waals surface area contributed by atoms with Crippen LogP contribution in [0.25, 0.3) is 11.1 Å². The van der Waals surface area contributed by atoms with Gasteiger partial charge in [0.05, 0.1) is 30.7 Å². The van der Waals surface area contributed by atoms with E-state index in [1.165, 1.54) is 0 Å². The van der Waals surface area contributed by atoms with Crippen molar-refractivity contribution in [2.24, 2.45) is 0 Å². The van der Waals surface area contributed by atoms with E-state index in [1.807, 2.05) is 99.6 Å². The number of aliphatic hydroxyl groups excluding tert-OH is 1. The molecule has 0 saturated carbocycles. The van der Waals surface area contributed by atoms with Crippen molar-refractivity contribution < 1.29 is 37.3 Å². The molecule has 0 unspecified atom stereocenters. The molecule has 0 fully saturated rings. The Kier molecular flexibility index (Phi) is 13.1. The number of benzene rings is 5. The number of anilines is 1. The number of hydrogen-bond acceptors (Lipinski definition) is 9. The van der Waals surface area contributed by atoms with Gasteiger partial charge in [0.15, 0.2) is 0 Å². The van der Waals surface area contributed by atoms with Crippen molar-refractivity contribution in [2.75, 3.05) is 31.2 Å². The first-order chi connectivity index (χ1) is 25.4. The highest BCUT2D eigenvalue weighted by Crippen LogP contribution is 2.36. The van der Waals surface area contributed by atoms with E-state index in [1.54, 1.807) is 37.4 Å². The number of carbonyl (C=O) groups excluding carboxylic acids is 1. The summed E-state index contributed by atoms with van der Waals surface area (Å²) in [4.78, 5) is 12.8. The minimum atomic E-state index is -3.60. The predicted molar refractivity (Wildman–Crippen MR) is 207 cm³/mol. The molecule has 11 heteroatoms. The zero-order chi connectivity index (χ0) is 38.0. The largest absolute Gasteiger partial charge is 0.496 e. The normalized spacial score (nSPS) is 12.4. The second-order valence-corrected chi connectivity index (χ2v) is 14.6. The molecule has 0 aliphatic carbocycles. The molecule has 0 aliphatic heterocycles. The van der Waals surface area contributed by atoms with Crippen molar-refractivity contribution in [3.05, 3.63) is 143 Å². The molecule has 5 rings (SSSR count). The Morgan fingerprint density at radius 3 is 2.06 bits per heavy atom. The fraction of sp³-hybridized carbons (Fsp3) is 0.262. The summed E-state index contributed by atoms with van der Waals surface area (Å²) in [5.41, 5.74) is 6.64. The van der Waals surface area contributed by atoms with Gasteiger partial charge in [0, 0.05) is 18.2 Å². The first-order valence-corrected chi connectivity index (χ1v) is 19.1. The van der Waals surface area contributed by atoms with E-state index >= 15 is 0 Å². The van der Waals surface area contributed by atoms with Crippen molar-refractivity contribution in [3.63, 3.8) is 0 Å². The molecule has 0 saturated heterocycles. The third-order valence-corrected chi connectivity index (χ3v) is 9.18. The molecular weight excluding hydrogens is 693 g/mol. The van der Waals surface area contributed by atoms with Gasteiger partial charge in [-0.2, -0.15) is 0 Å². The number of hydrogen-bond donors (Lipinski definition) is 3. The third-order valence-electron chi connectivity index (χ3n) is 8.59. The van der Waals surface area contributed by atoms with E-state index in [-0.39, 0.29) is 24.9 Å². The molecule has 0 radical (unpaired) electrons. The monoisotopic (exact) mass is 738 g/mol. The van der Waals surface area contributed by atoms with Crippen molar-refractivity contribution >= 4 is 21.7 Å². The molecule has 0 spiro atoms. The Balaban J connectivity index is 1.18. The average Bonchev–Trinajstić information content (AvgIpc) is 3.15. The number of nitrogens with one attached hydrogen (secondary N) is 2. The molecular formula is C42H46N2O8S. The Morgan fingerprint density at radius 2 is 1.43 bits per heavy atom. The summed E-state index contributed by atoms with van der Waals surface area (Å²) in [5, 5.41) is 14.5. The summed E-state index contributed by atoms with van der Waals surface area (Å²) >= 11 is 0. The minimum Gasteiger partial charge on any atom is -0.496 e. The van der Waals surface area contributed by atoms with Crippen molar-refractivity contribution in [2.45, 2.75) is 46.1 Å². The Hall–Kier alpha value is -5.36. The summed E-state index contributed by atoms with van der Waals surface area (Å²) < 4.78 is 50.0. The number of aliphatic hydroxyl groups is 1. The van der Waals surface area contributed by atoms with Crippen molar-refractivity contribution in [3.8, 4) is 28.4 Å². The highest BCUT2D eigenvalue weighted by atomic mass is 32.2. The summed E-state index contributed by atoms with van der Waals surface area (Å²) in [7, 11) is -2.03. The van der Waals surface area contributed by atoms with E-state index in [0.717, 1.165) is 45.4 Å². The zero-order valence-corrected chi connectivity index (χ0v) is 31.4. The van der Waals surface area contributed by atoms with E-state index in [9.17, 15) is 18.3 Å². The molecule has 2 atom stereocenters. The van der Waals surface area contributed by atoms with Gasteiger partial charge in [-0.15, -0.1) is 0 Å². The van der Waals surface area contributed by atoms with Crippen LogP contribution in [-0.2, 0) is 28.0 Å². The molecule has 0 aliphatic rings. The van der Waals surface area contributed by atoms with Gasteiger partial charge in [0.2, 0.25) is 10.0 Å². The quantitative estimate of drug-likeness (QED) is 0.0661. The molecule has 0 heterocycles. The number of sulfonamides is 1. The van der Waals surface area contributed by atoms with Crippen LogP contribution in [0.15, 0.2) is 109 Å². The first kappa shape index (κ1) is 38.9. The molecule has 0 aromatic heterocycles. The van der Waals surface area contributed by atoms with Gasteiger partial charge in [-0.25, -0.2) is 13.2 Å². The van der Waals surface area contributed by atoms with Crippen LogP contribution in [0.4, 0.5) is 5.69 Å². The van der Waals surface area contributed by atoms with Gasteiger partial charge in [-0.1, -0.05) is 66.7 Å². The highest BCUT2D eigenvalue weighted by Gasteiger charge is 2.20. The number of methoxy groups -OCH3 is 1. The number of aryl methyl sites for hydroxylation is 2. The summed E-state index contributed by atoms with van der Waals surface area (Å²) in [6, 6.07) is 33.0. The minimum absolute atomic E-state index is 0.185. The Labute approximate surface area is 311 Å². The van der Waals surface area contributed by atoms with Gasteiger partial charge in [0.1, 0.15) is 37.1 Å².